The maximum atomic E-state index is 5.43. The number of nitrogens with one attached hydrogen (secondary N) is 2. The van der Waals surface area contributed by atoms with Crippen molar-refractivity contribution in [2.24, 2.45) is 5.92 Å². The van der Waals surface area contributed by atoms with Crippen LogP contribution < -0.4 is 20.4 Å². The van der Waals surface area contributed by atoms with Crippen LogP contribution in [0.1, 0.15) is 30.9 Å². The van der Waals surface area contributed by atoms with Gasteiger partial charge in [0.15, 0.2) is 5.11 Å². The third-order valence-corrected chi connectivity index (χ3v) is 6.20. The van der Waals surface area contributed by atoms with Crippen LogP contribution in [0.15, 0.2) is 30.3 Å². The summed E-state index contributed by atoms with van der Waals surface area (Å²) >= 11 is 5.43. The highest BCUT2D eigenvalue weighted by Crippen LogP contribution is 2.29. The first-order chi connectivity index (χ1) is 15.1. The Labute approximate surface area is 190 Å². The Morgan fingerprint density at radius 3 is 2.71 bits per heavy atom. The second kappa shape index (κ2) is 10.2. The average Bonchev–Trinajstić information content (AvgIpc) is 2.78. The number of rotatable bonds is 6. The standard InChI is InChI=1S/C23H32N6OS/c1-17-6-5-11-28(15-17)20-14-21(26-22(25-20)27-23(31)24-10-13-30-2)29-12-9-18-7-3-4-8-19(18)16-29/h3-4,7-8,14,17H,5-6,9-13,15-16H2,1-2H3,(H2,24,25,26,27,31)/t17-/m0/s1. The van der Waals surface area contributed by atoms with Gasteiger partial charge in [0.05, 0.1) is 6.61 Å². The molecule has 1 atom stereocenters. The van der Waals surface area contributed by atoms with Crippen LogP contribution in [0.4, 0.5) is 17.6 Å². The van der Waals surface area contributed by atoms with Gasteiger partial charge < -0.3 is 25.2 Å². The summed E-state index contributed by atoms with van der Waals surface area (Å²) in [5.41, 5.74) is 2.80. The molecule has 2 aliphatic heterocycles. The molecule has 31 heavy (non-hydrogen) atoms. The molecule has 0 bridgehead atoms. The lowest BCUT2D eigenvalue weighted by Crippen LogP contribution is -2.36. The van der Waals surface area contributed by atoms with Gasteiger partial charge in [-0.1, -0.05) is 31.2 Å². The van der Waals surface area contributed by atoms with Gasteiger partial charge in [0.2, 0.25) is 5.95 Å². The first-order valence-electron chi connectivity index (χ1n) is 11.1. The van der Waals surface area contributed by atoms with E-state index in [1.165, 1.54) is 24.0 Å². The number of thiocarbonyl (C=S) groups is 1. The number of fused-ring (bicyclic) bond motifs is 1. The van der Waals surface area contributed by atoms with Gasteiger partial charge in [-0.25, -0.2) is 0 Å². The second-order valence-corrected chi connectivity index (χ2v) is 8.82. The molecule has 2 aliphatic rings. The van der Waals surface area contributed by atoms with Crippen molar-refractivity contribution in [3.63, 3.8) is 0 Å². The van der Waals surface area contributed by atoms with E-state index in [4.69, 9.17) is 26.9 Å². The summed E-state index contributed by atoms with van der Waals surface area (Å²) < 4.78 is 5.08. The number of methoxy groups -OCH3 is 1. The summed E-state index contributed by atoms with van der Waals surface area (Å²) in [6, 6.07) is 10.8. The van der Waals surface area contributed by atoms with E-state index in [9.17, 15) is 0 Å². The lowest BCUT2D eigenvalue weighted by molar-refractivity contribution is 0.204. The van der Waals surface area contributed by atoms with Crippen molar-refractivity contribution in [3.8, 4) is 0 Å². The topological polar surface area (TPSA) is 65.6 Å². The highest BCUT2D eigenvalue weighted by atomic mass is 32.1. The largest absolute Gasteiger partial charge is 0.383 e. The molecule has 1 aromatic carbocycles. The van der Waals surface area contributed by atoms with Crippen molar-refractivity contribution in [1.82, 2.24) is 15.3 Å². The molecule has 1 aromatic heterocycles. The van der Waals surface area contributed by atoms with Crippen LogP contribution in [0.2, 0.25) is 0 Å². The number of aromatic nitrogens is 2. The summed E-state index contributed by atoms with van der Waals surface area (Å²) in [4.78, 5) is 14.4. The molecule has 1 fully saturated rings. The lowest BCUT2D eigenvalue weighted by Gasteiger charge is -2.34. The summed E-state index contributed by atoms with van der Waals surface area (Å²) in [5.74, 6) is 3.12. The van der Waals surface area contributed by atoms with E-state index in [-0.39, 0.29) is 0 Å². The molecule has 2 aromatic rings. The third kappa shape index (κ3) is 5.62. The van der Waals surface area contributed by atoms with E-state index in [2.05, 4.69) is 57.7 Å². The molecule has 2 N–H and O–H groups in total. The number of benzene rings is 1. The molecule has 0 spiro atoms. The summed E-state index contributed by atoms with van der Waals surface area (Å²) in [5, 5.41) is 6.83. The minimum absolute atomic E-state index is 0.510. The summed E-state index contributed by atoms with van der Waals surface area (Å²) in [6.45, 7) is 7.39. The molecule has 0 radical (unpaired) electrons. The Morgan fingerprint density at radius 1 is 1.16 bits per heavy atom. The van der Waals surface area contributed by atoms with Crippen molar-refractivity contribution < 1.29 is 4.74 Å². The van der Waals surface area contributed by atoms with Gasteiger partial charge in [-0.2, -0.15) is 9.97 Å². The van der Waals surface area contributed by atoms with E-state index >= 15 is 0 Å². The monoisotopic (exact) mass is 440 g/mol. The highest BCUT2D eigenvalue weighted by molar-refractivity contribution is 7.80. The van der Waals surface area contributed by atoms with E-state index in [1.807, 2.05) is 0 Å². The van der Waals surface area contributed by atoms with Crippen LogP contribution in [-0.4, -0.2) is 55.0 Å². The van der Waals surface area contributed by atoms with Crippen molar-refractivity contribution >= 4 is 34.9 Å². The Hall–Kier alpha value is -2.45. The molecular weight excluding hydrogens is 408 g/mol. The zero-order valence-corrected chi connectivity index (χ0v) is 19.2. The summed E-state index contributed by atoms with van der Waals surface area (Å²) in [6.07, 6.45) is 3.49. The minimum Gasteiger partial charge on any atom is -0.383 e. The molecule has 0 unspecified atom stereocenters. The molecule has 3 heterocycles. The van der Waals surface area contributed by atoms with E-state index in [0.717, 1.165) is 44.2 Å². The number of hydrogen-bond donors (Lipinski definition) is 2. The Balaban J connectivity index is 1.58. The fourth-order valence-corrected chi connectivity index (χ4v) is 4.50. The predicted octanol–water partition coefficient (Wildman–Crippen LogP) is 3.21. The van der Waals surface area contributed by atoms with Crippen LogP contribution >= 0.6 is 12.2 Å². The molecule has 0 amide bonds. The quantitative estimate of drug-likeness (QED) is 0.524. The Kier molecular flexibility index (Phi) is 7.19. The van der Waals surface area contributed by atoms with Gasteiger partial charge in [0, 0.05) is 45.9 Å². The number of piperidine rings is 1. The molecule has 7 nitrogen and oxygen atoms in total. The molecule has 4 rings (SSSR count). The van der Waals surface area contributed by atoms with Gasteiger partial charge in [-0.15, -0.1) is 0 Å². The number of ether oxygens (including phenoxy) is 1. The first-order valence-corrected chi connectivity index (χ1v) is 11.5. The second-order valence-electron chi connectivity index (χ2n) is 8.42. The van der Waals surface area contributed by atoms with E-state index < -0.39 is 0 Å². The van der Waals surface area contributed by atoms with Gasteiger partial charge in [-0.3, -0.25) is 0 Å². The fraction of sp³-hybridized carbons (Fsp3) is 0.522. The van der Waals surface area contributed by atoms with Crippen molar-refractivity contribution in [1.29, 1.82) is 0 Å². The van der Waals surface area contributed by atoms with Crippen LogP contribution in [0, 0.1) is 5.92 Å². The SMILES string of the molecule is COCCNC(=S)Nc1nc(N2CCc3ccccc3C2)cc(N2CCC[C@H](C)C2)n1. The van der Waals surface area contributed by atoms with Crippen LogP contribution in [-0.2, 0) is 17.7 Å². The van der Waals surface area contributed by atoms with Gasteiger partial charge in [-0.05, 0) is 48.5 Å². The van der Waals surface area contributed by atoms with Gasteiger partial charge in [0.25, 0.3) is 0 Å². The smallest absolute Gasteiger partial charge is 0.232 e. The number of nitrogens with zero attached hydrogens (tertiary/aromatic N) is 4. The zero-order valence-electron chi connectivity index (χ0n) is 18.4. The molecule has 1 saturated heterocycles. The van der Waals surface area contributed by atoms with Crippen LogP contribution in [0.3, 0.4) is 0 Å². The van der Waals surface area contributed by atoms with Crippen molar-refractivity contribution in [3.05, 3.63) is 41.5 Å². The Morgan fingerprint density at radius 2 is 1.94 bits per heavy atom. The molecule has 0 saturated carbocycles. The lowest BCUT2D eigenvalue weighted by atomic mass is 10.00. The van der Waals surface area contributed by atoms with Gasteiger partial charge in [0.1, 0.15) is 11.6 Å². The van der Waals surface area contributed by atoms with E-state index in [0.29, 0.717) is 30.1 Å². The maximum absolute atomic E-state index is 5.43. The van der Waals surface area contributed by atoms with Crippen molar-refractivity contribution in [2.75, 3.05) is 55.0 Å². The van der Waals surface area contributed by atoms with Crippen LogP contribution in [0.25, 0.3) is 0 Å². The molecule has 166 valence electrons. The van der Waals surface area contributed by atoms with Gasteiger partial charge >= 0.3 is 0 Å². The first kappa shape index (κ1) is 21.8. The van der Waals surface area contributed by atoms with E-state index in [1.54, 1.807) is 7.11 Å². The maximum Gasteiger partial charge on any atom is 0.232 e. The predicted molar refractivity (Wildman–Crippen MR) is 130 cm³/mol. The Bertz CT molecular complexity index is 907. The normalized spacial score (nSPS) is 18.5. The number of hydrogen-bond acceptors (Lipinski definition) is 6. The minimum atomic E-state index is 0.510. The third-order valence-electron chi connectivity index (χ3n) is 5.95. The van der Waals surface area contributed by atoms with Crippen molar-refractivity contribution in [2.45, 2.75) is 32.7 Å². The average molecular weight is 441 g/mol. The molecule has 0 aliphatic carbocycles. The zero-order chi connectivity index (χ0) is 21.6. The molecular formula is C23H32N6OS. The number of anilines is 3. The summed E-state index contributed by atoms with van der Waals surface area (Å²) in [7, 11) is 1.67. The van der Waals surface area contributed by atoms with Crippen LogP contribution in [0.5, 0.6) is 0 Å². The molecule has 8 heteroatoms. The fourth-order valence-electron chi connectivity index (χ4n) is 4.30. The highest BCUT2D eigenvalue weighted by Gasteiger charge is 2.22.